The van der Waals surface area contributed by atoms with Crippen molar-refractivity contribution in [3.63, 3.8) is 0 Å². The summed E-state index contributed by atoms with van der Waals surface area (Å²) in [7, 11) is 1.55. The van der Waals surface area contributed by atoms with Gasteiger partial charge in [-0.25, -0.2) is 4.68 Å². The first-order chi connectivity index (χ1) is 12.0. The number of nitrogens with zero attached hydrogens (tertiary/aromatic N) is 2. The van der Waals surface area contributed by atoms with E-state index in [1.54, 1.807) is 13.2 Å². The molecule has 1 aromatic heterocycles. The van der Waals surface area contributed by atoms with E-state index in [9.17, 15) is 5.11 Å². The number of fused-ring (bicyclic) bond motifs is 3. The fourth-order valence-electron chi connectivity index (χ4n) is 3.61. The second kappa shape index (κ2) is 5.55. The molecule has 0 fully saturated rings. The molecule has 2 heterocycles. The van der Waals surface area contributed by atoms with E-state index >= 15 is 0 Å². The van der Waals surface area contributed by atoms with Crippen molar-refractivity contribution in [3.05, 3.63) is 58.8 Å². The molecule has 0 spiro atoms. The van der Waals surface area contributed by atoms with E-state index in [0.29, 0.717) is 5.75 Å². The van der Waals surface area contributed by atoms with E-state index in [1.807, 2.05) is 23.7 Å². The average molecular weight is 335 g/mol. The Balaban J connectivity index is 1.95. The predicted molar refractivity (Wildman–Crippen MR) is 98.3 cm³/mol. The van der Waals surface area contributed by atoms with Gasteiger partial charge in [0.1, 0.15) is 0 Å². The van der Waals surface area contributed by atoms with Crippen LogP contribution in [0.2, 0.25) is 0 Å². The van der Waals surface area contributed by atoms with Gasteiger partial charge in [0.15, 0.2) is 17.7 Å². The molecule has 4 rings (SSSR count). The standard InChI is InChI=1S/C20H21N3O2/c1-11-8-12(2)18-15(9-11)16-10-13(3)22-23(16)20(21-18)14-6-5-7-17(25-4)19(14)24/h5-10,20-21,24H,1-4H3/t20-/m0/s1. The summed E-state index contributed by atoms with van der Waals surface area (Å²) in [5.41, 5.74) is 7.32. The fourth-order valence-corrected chi connectivity index (χ4v) is 3.61. The third kappa shape index (κ3) is 2.35. The van der Waals surface area contributed by atoms with Gasteiger partial charge in [-0.2, -0.15) is 5.10 Å². The van der Waals surface area contributed by atoms with Crippen molar-refractivity contribution in [1.29, 1.82) is 0 Å². The van der Waals surface area contributed by atoms with Crippen LogP contribution in [-0.4, -0.2) is 22.0 Å². The number of phenolic OH excluding ortho intramolecular Hbond substituents is 1. The molecule has 0 bridgehead atoms. The van der Waals surface area contributed by atoms with Gasteiger partial charge in [-0.1, -0.05) is 23.8 Å². The van der Waals surface area contributed by atoms with E-state index in [-0.39, 0.29) is 11.9 Å². The number of aromatic nitrogens is 2. The maximum absolute atomic E-state index is 10.6. The van der Waals surface area contributed by atoms with Crippen molar-refractivity contribution in [2.75, 3.05) is 12.4 Å². The molecule has 0 saturated carbocycles. The van der Waals surface area contributed by atoms with Crippen LogP contribution in [0.3, 0.4) is 0 Å². The number of benzene rings is 2. The van der Waals surface area contributed by atoms with Crippen LogP contribution in [0.1, 0.15) is 28.6 Å². The van der Waals surface area contributed by atoms with Crippen LogP contribution in [0.4, 0.5) is 5.69 Å². The molecule has 0 unspecified atom stereocenters. The molecule has 0 amide bonds. The first-order valence-electron chi connectivity index (χ1n) is 8.29. The summed E-state index contributed by atoms with van der Waals surface area (Å²) >= 11 is 0. The maximum atomic E-state index is 10.6. The van der Waals surface area contributed by atoms with Gasteiger partial charge in [0, 0.05) is 16.8 Å². The summed E-state index contributed by atoms with van der Waals surface area (Å²) in [6, 6.07) is 11.9. The Morgan fingerprint density at radius 2 is 1.96 bits per heavy atom. The van der Waals surface area contributed by atoms with Crippen LogP contribution >= 0.6 is 0 Å². The predicted octanol–water partition coefficient (Wildman–Crippen LogP) is 4.16. The van der Waals surface area contributed by atoms with Gasteiger partial charge in [0.2, 0.25) is 0 Å². The third-order valence-corrected chi connectivity index (χ3v) is 4.68. The van der Waals surface area contributed by atoms with E-state index in [4.69, 9.17) is 4.74 Å². The van der Waals surface area contributed by atoms with Crippen molar-refractivity contribution in [2.24, 2.45) is 0 Å². The lowest BCUT2D eigenvalue weighted by Crippen LogP contribution is -2.26. The topological polar surface area (TPSA) is 59.3 Å². The van der Waals surface area contributed by atoms with E-state index in [1.165, 1.54) is 11.1 Å². The number of ether oxygens (including phenoxy) is 1. The number of aryl methyl sites for hydroxylation is 3. The van der Waals surface area contributed by atoms with Crippen molar-refractivity contribution >= 4 is 5.69 Å². The summed E-state index contributed by atoms with van der Waals surface area (Å²) in [5, 5.41) is 18.9. The Morgan fingerprint density at radius 1 is 1.16 bits per heavy atom. The highest BCUT2D eigenvalue weighted by molar-refractivity contribution is 5.82. The van der Waals surface area contributed by atoms with E-state index in [2.05, 4.69) is 42.5 Å². The zero-order valence-corrected chi connectivity index (χ0v) is 14.8. The summed E-state index contributed by atoms with van der Waals surface area (Å²) in [6.07, 6.45) is -0.298. The zero-order valence-electron chi connectivity index (χ0n) is 14.8. The number of aromatic hydroxyl groups is 1. The molecule has 5 nitrogen and oxygen atoms in total. The zero-order chi connectivity index (χ0) is 17.7. The molecular formula is C20H21N3O2. The number of rotatable bonds is 2. The van der Waals surface area contributed by atoms with Gasteiger partial charge < -0.3 is 15.2 Å². The molecule has 0 aliphatic carbocycles. The average Bonchev–Trinajstić information content (AvgIpc) is 2.97. The molecule has 3 aromatic rings. The van der Waals surface area contributed by atoms with Crippen molar-refractivity contribution < 1.29 is 9.84 Å². The molecule has 1 aliphatic rings. The summed E-state index contributed by atoms with van der Waals surface area (Å²) in [6.45, 7) is 6.18. The third-order valence-electron chi connectivity index (χ3n) is 4.68. The Bertz CT molecular complexity index is 975. The van der Waals surface area contributed by atoms with Crippen molar-refractivity contribution in [2.45, 2.75) is 26.9 Å². The lowest BCUT2D eigenvalue weighted by molar-refractivity contribution is 0.366. The van der Waals surface area contributed by atoms with Crippen LogP contribution in [0.25, 0.3) is 11.3 Å². The van der Waals surface area contributed by atoms with Gasteiger partial charge >= 0.3 is 0 Å². The van der Waals surface area contributed by atoms with Gasteiger partial charge in [-0.3, -0.25) is 0 Å². The van der Waals surface area contributed by atoms with Crippen LogP contribution < -0.4 is 10.1 Å². The first-order valence-corrected chi connectivity index (χ1v) is 8.29. The van der Waals surface area contributed by atoms with Crippen LogP contribution in [-0.2, 0) is 0 Å². The summed E-state index contributed by atoms with van der Waals surface area (Å²) in [5.74, 6) is 0.589. The van der Waals surface area contributed by atoms with Crippen LogP contribution in [0, 0.1) is 20.8 Å². The number of hydrogen-bond donors (Lipinski definition) is 2. The smallest absolute Gasteiger partial charge is 0.164 e. The van der Waals surface area contributed by atoms with Gasteiger partial charge in [0.05, 0.1) is 18.5 Å². The molecule has 0 saturated heterocycles. The minimum absolute atomic E-state index is 0.134. The lowest BCUT2D eigenvalue weighted by atomic mass is 9.98. The quantitative estimate of drug-likeness (QED) is 0.738. The minimum Gasteiger partial charge on any atom is -0.504 e. The normalized spacial score (nSPS) is 15.3. The molecular weight excluding hydrogens is 314 g/mol. The fraction of sp³-hybridized carbons (Fsp3) is 0.250. The summed E-state index contributed by atoms with van der Waals surface area (Å²) in [4.78, 5) is 0. The molecule has 25 heavy (non-hydrogen) atoms. The molecule has 0 radical (unpaired) electrons. The number of para-hydroxylation sites is 1. The van der Waals surface area contributed by atoms with Crippen LogP contribution in [0.15, 0.2) is 36.4 Å². The lowest BCUT2D eigenvalue weighted by Gasteiger charge is -2.31. The van der Waals surface area contributed by atoms with E-state index in [0.717, 1.165) is 28.2 Å². The van der Waals surface area contributed by atoms with E-state index < -0.39 is 0 Å². The Morgan fingerprint density at radius 3 is 2.72 bits per heavy atom. The second-order valence-electron chi connectivity index (χ2n) is 6.56. The SMILES string of the molecule is COc1cccc([C@H]2Nc3c(C)cc(C)cc3-c3cc(C)nn32)c1O. The molecule has 5 heteroatoms. The minimum atomic E-state index is -0.298. The highest BCUT2D eigenvalue weighted by atomic mass is 16.5. The number of anilines is 1. The Labute approximate surface area is 146 Å². The largest absolute Gasteiger partial charge is 0.504 e. The number of nitrogens with one attached hydrogen (secondary N) is 1. The monoisotopic (exact) mass is 335 g/mol. The molecule has 2 N–H and O–H groups in total. The maximum Gasteiger partial charge on any atom is 0.164 e. The molecule has 128 valence electrons. The summed E-state index contributed by atoms with van der Waals surface area (Å²) < 4.78 is 7.21. The molecule has 1 aliphatic heterocycles. The highest BCUT2D eigenvalue weighted by Gasteiger charge is 2.30. The van der Waals surface area contributed by atoms with Crippen molar-refractivity contribution in [1.82, 2.24) is 9.78 Å². The second-order valence-corrected chi connectivity index (χ2v) is 6.56. The highest BCUT2D eigenvalue weighted by Crippen LogP contribution is 2.44. The number of hydrogen-bond acceptors (Lipinski definition) is 4. The molecule has 2 aromatic carbocycles. The van der Waals surface area contributed by atoms with Gasteiger partial charge in [0.25, 0.3) is 0 Å². The number of methoxy groups -OCH3 is 1. The van der Waals surface area contributed by atoms with Crippen molar-refractivity contribution in [3.8, 4) is 22.8 Å². The Kier molecular flexibility index (Phi) is 3.46. The van der Waals surface area contributed by atoms with Gasteiger partial charge in [-0.15, -0.1) is 0 Å². The molecule has 1 atom stereocenters. The first kappa shape index (κ1) is 15.6. The van der Waals surface area contributed by atoms with Crippen LogP contribution in [0.5, 0.6) is 11.5 Å². The number of phenols is 1. The van der Waals surface area contributed by atoms with Gasteiger partial charge in [-0.05, 0) is 44.5 Å². The Hall–Kier alpha value is -2.95.